The zero-order valence-electron chi connectivity index (χ0n) is 12.6. The smallest absolute Gasteiger partial charge is 0.240 e. The molecule has 1 saturated heterocycles. The fourth-order valence-corrected chi connectivity index (χ4v) is 3.26. The maximum atomic E-state index is 12.4. The van der Waals surface area contributed by atoms with Crippen LogP contribution in [-0.4, -0.2) is 56.7 Å². The van der Waals surface area contributed by atoms with Crippen LogP contribution in [0.15, 0.2) is 6.33 Å². The van der Waals surface area contributed by atoms with Crippen LogP contribution in [0.3, 0.4) is 0 Å². The van der Waals surface area contributed by atoms with Crippen molar-refractivity contribution in [3.8, 4) is 0 Å². The van der Waals surface area contributed by atoms with Crippen LogP contribution >= 0.6 is 0 Å². The van der Waals surface area contributed by atoms with Crippen LogP contribution in [0.4, 0.5) is 0 Å². The number of amides is 2. The van der Waals surface area contributed by atoms with E-state index in [0.29, 0.717) is 13.0 Å². The molecule has 0 unspecified atom stereocenters. The van der Waals surface area contributed by atoms with Crippen molar-refractivity contribution >= 4 is 11.8 Å². The van der Waals surface area contributed by atoms with E-state index in [1.54, 1.807) is 11.2 Å². The molecular weight excluding hydrogens is 284 g/mol. The number of hydrogen-bond acceptors (Lipinski definition) is 5. The molecule has 0 saturated carbocycles. The van der Waals surface area contributed by atoms with Crippen molar-refractivity contribution in [2.45, 2.75) is 50.7 Å². The zero-order valence-corrected chi connectivity index (χ0v) is 12.6. The summed E-state index contributed by atoms with van der Waals surface area (Å²) in [4.78, 5) is 29.7. The molecule has 0 aromatic carbocycles. The van der Waals surface area contributed by atoms with Gasteiger partial charge in [0, 0.05) is 19.0 Å². The molecule has 0 aliphatic carbocycles. The molecule has 2 aliphatic rings. The molecule has 8 heteroatoms. The predicted octanol–water partition coefficient (Wildman–Crippen LogP) is -0.951. The first kappa shape index (κ1) is 15.0. The second-order valence-electron chi connectivity index (χ2n) is 5.98. The van der Waals surface area contributed by atoms with E-state index in [4.69, 9.17) is 5.73 Å². The molecule has 3 N–H and O–H groups in total. The number of likely N-dealkylation sites (tertiary alicyclic amines) is 1. The molecule has 0 radical (unpaired) electrons. The lowest BCUT2D eigenvalue weighted by atomic mass is 10.0. The van der Waals surface area contributed by atoms with Gasteiger partial charge in [0.2, 0.25) is 11.8 Å². The zero-order chi connectivity index (χ0) is 15.5. The molecule has 3 heterocycles. The van der Waals surface area contributed by atoms with E-state index in [1.807, 2.05) is 4.68 Å². The number of carbonyl (C=O) groups is 2. The molecule has 1 aromatic rings. The van der Waals surface area contributed by atoms with Gasteiger partial charge in [-0.15, -0.1) is 0 Å². The Bertz CT molecular complexity index is 557. The van der Waals surface area contributed by atoms with Crippen LogP contribution in [0, 0.1) is 0 Å². The Labute approximate surface area is 129 Å². The summed E-state index contributed by atoms with van der Waals surface area (Å²) in [6, 6.07) is -0.244. The molecule has 1 fully saturated rings. The normalized spacial score (nSPS) is 24.8. The topological polar surface area (TPSA) is 106 Å². The second kappa shape index (κ2) is 6.43. The van der Waals surface area contributed by atoms with Crippen LogP contribution in [-0.2, 0) is 22.6 Å². The molecule has 2 amide bonds. The van der Waals surface area contributed by atoms with Crippen molar-refractivity contribution in [3.63, 3.8) is 0 Å². The fraction of sp³-hybridized carbons (Fsp3) is 0.714. The van der Waals surface area contributed by atoms with Crippen molar-refractivity contribution in [2.24, 2.45) is 5.73 Å². The molecular formula is C14H22N6O2. The van der Waals surface area contributed by atoms with E-state index in [-0.39, 0.29) is 18.5 Å². The summed E-state index contributed by atoms with van der Waals surface area (Å²) in [6.07, 6.45) is 5.91. The van der Waals surface area contributed by atoms with Gasteiger partial charge in [0.1, 0.15) is 18.2 Å². The van der Waals surface area contributed by atoms with Crippen LogP contribution in [0.25, 0.3) is 0 Å². The van der Waals surface area contributed by atoms with E-state index in [0.717, 1.165) is 38.1 Å². The van der Waals surface area contributed by atoms with Gasteiger partial charge in [-0.2, -0.15) is 5.10 Å². The Morgan fingerprint density at radius 2 is 2.23 bits per heavy atom. The summed E-state index contributed by atoms with van der Waals surface area (Å²) in [5.74, 6) is 0.542. The first-order chi connectivity index (χ1) is 10.6. The van der Waals surface area contributed by atoms with Gasteiger partial charge < -0.3 is 16.0 Å². The monoisotopic (exact) mass is 306 g/mol. The average Bonchev–Trinajstić information content (AvgIpc) is 3.00. The maximum absolute atomic E-state index is 12.4. The number of carbonyl (C=O) groups excluding carboxylic acids is 2. The Morgan fingerprint density at radius 1 is 1.36 bits per heavy atom. The highest BCUT2D eigenvalue weighted by atomic mass is 16.2. The van der Waals surface area contributed by atoms with Crippen molar-refractivity contribution < 1.29 is 9.59 Å². The largest absolute Gasteiger partial charge is 0.368 e. The van der Waals surface area contributed by atoms with Crippen LogP contribution < -0.4 is 11.1 Å². The van der Waals surface area contributed by atoms with E-state index in [1.165, 1.54) is 0 Å². The van der Waals surface area contributed by atoms with Crippen LogP contribution in [0.5, 0.6) is 0 Å². The van der Waals surface area contributed by atoms with Gasteiger partial charge in [-0.25, -0.2) is 9.67 Å². The number of fused-ring (bicyclic) bond motifs is 1. The quantitative estimate of drug-likeness (QED) is 0.746. The first-order valence-corrected chi connectivity index (χ1v) is 7.84. The van der Waals surface area contributed by atoms with Gasteiger partial charge in [0.25, 0.3) is 0 Å². The third-order valence-corrected chi connectivity index (χ3v) is 4.50. The number of rotatable bonds is 4. The third-order valence-electron chi connectivity index (χ3n) is 4.50. The maximum Gasteiger partial charge on any atom is 0.240 e. The van der Waals surface area contributed by atoms with Gasteiger partial charge >= 0.3 is 0 Å². The molecule has 0 bridgehead atoms. The minimum absolute atomic E-state index is 0.0483. The van der Waals surface area contributed by atoms with Crippen molar-refractivity contribution in [3.05, 3.63) is 12.2 Å². The van der Waals surface area contributed by atoms with Gasteiger partial charge in [-0.1, -0.05) is 0 Å². The molecule has 8 nitrogen and oxygen atoms in total. The first-order valence-electron chi connectivity index (χ1n) is 7.84. The predicted molar refractivity (Wildman–Crippen MR) is 78.7 cm³/mol. The highest BCUT2D eigenvalue weighted by Gasteiger charge is 2.30. The number of primary amides is 1. The number of piperidine rings is 1. The van der Waals surface area contributed by atoms with Crippen LogP contribution in [0.1, 0.15) is 31.5 Å². The Morgan fingerprint density at radius 3 is 3.05 bits per heavy atom. The standard InChI is InChI=1S/C14H22N6O2/c15-14(22)11-3-1-2-6-19(11)13(21)7-16-10-4-5-12-17-9-18-20(12)8-10/h9-11,16H,1-8H2,(H2,15,22)/t10-,11-/m1/s1. The Kier molecular flexibility index (Phi) is 4.37. The van der Waals surface area contributed by atoms with Crippen molar-refractivity contribution in [1.82, 2.24) is 25.0 Å². The SMILES string of the molecule is NC(=O)[C@H]1CCCCN1C(=O)CN[C@@H]1CCc2ncnn2C1. The number of nitrogens with zero attached hydrogens (tertiary/aromatic N) is 4. The summed E-state index contributed by atoms with van der Waals surface area (Å²) in [7, 11) is 0. The van der Waals surface area contributed by atoms with E-state index in [9.17, 15) is 9.59 Å². The average molecular weight is 306 g/mol. The lowest BCUT2D eigenvalue weighted by molar-refractivity contribution is -0.140. The summed E-state index contributed by atoms with van der Waals surface area (Å²) in [5.41, 5.74) is 5.40. The minimum atomic E-state index is -0.448. The Balaban J connectivity index is 1.53. The molecule has 2 atom stereocenters. The second-order valence-corrected chi connectivity index (χ2v) is 5.98. The fourth-order valence-electron chi connectivity index (χ4n) is 3.26. The van der Waals surface area contributed by atoms with Crippen LogP contribution in [0.2, 0.25) is 0 Å². The van der Waals surface area contributed by atoms with Crippen molar-refractivity contribution in [1.29, 1.82) is 0 Å². The number of hydrogen-bond donors (Lipinski definition) is 2. The molecule has 2 aliphatic heterocycles. The van der Waals surface area contributed by atoms with Gasteiger partial charge in [-0.05, 0) is 25.7 Å². The molecule has 120 valence electrons. The molecule has 0 spiro atoms. The Hall–Kier alpha value is -1.96. The minimum Gasteiger partial charge on any atom is -0.368 e. The lowest BCUT2D eigenvalue weighted by Gasteiger charge is -2.34. The lowest BCUT2D eigenvalue weighted by Crippen LogP contribution is -2.53. The summed E-state index contributed by atoms with van der Waals surface area (Å²) < 4.78 is 1.87. The van der Waals surface area contributed by atoms with E-state index >= 15 is 0 Å². The summed E-state index contributed by atoms with van der Waals surface area (Å²) in [5, 5.41) is 7.45. The molecule has 3 rings (SSSR count). The van der Waals surface area contributed by atoms with Crippen molar-refractivity contribution in [2.75, 3.05) is 13.1 Å². The number of nitrogens with one attached hydrogen (secondary N) is 1. The van der Waals surface area contributed by atoms with E-state index < -0.39 is 11.9 Å². The van der Waals surface area contributed by atoms with E-state index in [2.05, 4.69) is 15.4 Å². The van der Waals surface area contributed by atoms with Gasteiger partial charge in [-0.3, -0.25) is 9.59 Å². The van der Waals surface area contributed by atoms with Gasteiger partial charge in [0.05, 0.1) is 13.1 Å². The summed E-state index contributed by atoms with van der Waals surface area (Å²) >= 11 is 0. The summed E-state index contributed by atoms with van der Waals surface area (Å²) in [6.45, 7) is 1.58. The molecule has 1 aromatic heterocycles. The highest BCUT2D eigenvalue weighted by molar-refractivity contribution is 5.87. The number of aromatic nitrogens is 3. The van der Waals surface area contributed by atoms with Gasteiger partial charge in [0.15, 0.2) is 0 Å². The number of aryl methyl sites for hydroxylation is 1. The third kappa shape index (κ3) is 3.11. The highest BCUT2D eigenvalue weighted by Crippen LogP contribution is 2.17. The molecule has 22 heavy (non-hydrogen) atoms. The number of nitrogens with two attached hydrogens (primary N) is 1.